The first-order chi connectivity index (χ1) is 9.22. The van der Waals surface area contributed by atoms with Gasteiger partial charge in [-0.1, -0.05) is 13.8 Å². The molecule has 0 radical (unpaired) electrons. The molecule has 1 atom stereocenters. The van der Waals surface area contributed by atoms with E-state index in [1.165, 1.54) is 17.6 Å². The maximum absolute atomic E-state index is 12.1. The number of ketones is 1. The number of carbonyl (C=O) groups is 3. The van der Waals surface area contributed by atoms with Crippen LogP contribution in [-0.4, -0.2) is 33.4 Å². The molecule has 0 bridgehead atoms. The normalized spacial score (nSPS) is 12.2. The summed E-state index contributed by atoms with van der Waals surface area (Å²) in [7, 11) is 1.64. The molecule has 0 saturated heterocycles. The lowest BCUT2D eigenvalue weighted by Gasteiger charge is -2.16. The zero-order valence-corrected chi connectivity index (χ0v) is 12.1. The van der Waals surface area contributed by atoms with Gasteiger partial charge in [-0.2, -0.15) is 0 Å². The lowest BCUT2D eigenvalue weighted by atomic mass is 10.0. The standard InChI is InChI=1S/C14H20N2O4/c1-8(2)5-11(14(19)20)15-13(18)12-6-10(9(3)17)7-16(12)4/h6-8,11H,5H2,1-4H3,(H,15,18)(H,19,20). The quantitative estimate of drug-likeness (QED) is 0.772. The fourth-order valence-corrected chi connectivity index (χ4v) is 1.91. The second-order valence-electron chi connectivity index (χ2n) is 5.27. The minimum absolute atomic E-state index is 0.142. The van der Waals surface area contributed by atoms with Crippen LogP contribution in [0.15, 0.2) is 12.3 Å². The van der Waals surface area contributed by atoms with Gasteiger partial charge in [0.05, 0.1) is 0 Å². The monoisotopic (exact) mass is 280 g/mol. The predicted molar refractivity (Wildman–Crippen MR) is 73.8 cm³/mol. The van der Waals surface area contributed by atoms with Crippen LogP contribution in [0.3, 0.4) is 0 Å². The number of carboxylic acid groups (broad SMARTS) is 1. The number of aliphatic carboxylic acids is 1. The van der Waals surface area contributed by atoms with Crippen molar-refractivity contribution in [2.45, 2.75) is 33.2 Å². The highest BCUT2D eigenvalue weighted by Crippen LogP contribution is 2.10. The number of amides is 1. The van der Waals surface area contributed by atoms with Crippen molar-refractivity contribution >= 4 is 17.7 Å². The van der Waals surface area contributed by atoms with Gasteiger partial charge in [0, 0.05) is 18.8 Å². The number of Topliss-reactive ketones (excluding diaryl/α,β-unsaturated/α-hetero) is 1. The minimum atomic E-state index is -1.06. The molecule has 1 unspecified atom stereocenters. The Bertz CT molecular complexity index is 531. The molecular formula is C14H20N2O4. The minimum Gasteiger partial charge on any atom is -0.480 e. The highest BCUT2D eigenvalue weighted by atomic mass is 16.4. The summed E-state index contributed by atoms with van der Waals surface area (Å²) in [6.45, 7) is 5.19. The van der Waals surface area contributed by atoms with Crippen LogP contribution < -0.4 is 5.32 Å². The van der Waals surface area contributed by atoms with Crippen molar-refractivity contribution in [1.29, 1.82) is 0 Å². The molecule has 1 rings (SSSR count). The molecule has 0 spiro atoms. The van der Waals surface area contributed by atoms with Crippen molar-refractivity contribution in [3.05, 3.63) is 23.5 Å². The average Bonchev–Trinajstić information content (AvgIpc) is 2.69. The zero-order chi connectivity index (χ0) is 15.4. The van der Waals surface area contributed by atoms with E-state index < -0.39 is 17.9 Å². The summed E-state index contributed by atoms with van der Waals surface area (Å²) in [5.74, 6) is -1.55. The van der Waals surface area contributed by atoms with E-state index in [4.69, 9.17) is 5.11 Å². The van der Waals surface area contributed by atoms with Crippen LogP contribution in [-0.2, 0) is 11.8 Å². The Kier molecular flexibility index (Phi) is 5.07. The lowest BCUT2D eigenvalue weighted by Crippen LogP contribution is -2.42. The third-order valence-corrected chi connectivity index (χ3v) is 2.95. The molecule has 0 aliphatic carbocycles. The number of nitrogens with zero attached hydrogens (tertiary/aromatic N) is 1. The van der Waals surface area contributed by atoms with Crippen LogP contribution in [0, 0.1) is 5.92 Å². The van der Waals surface area contributed by atoms with Gasteiger partial charge in [0.15, 0.2) is 5.78 Å². The number of carboxylic acids is 1. The molecular weight excluding hydrogens is 260 g/mol. The molecule has 0 aliphatic rings. The van der Waals surface area contributed by atoms with E-state index in [1.54, 1.807) is 13.2 Å². The molecule has 110 valence electrons. The van der Waals surface area contributed by atoms with Gasteiger partial charge in [0.2, 0.25) is 0 Å². The topological polar surface area (TPSA) is 88.4 Å². The number of aryl methyl sites for hydroxylation is 1. The summed E-state index contributed by atoms with van der Waals surface area (Å²) in [5, 5.41) is 11.6. The van der Waals surface area contributed by atoms with Crippen molar-refractivity contribution < 1.29 is 19.5 Å². The van der Waals surface area contributed by atoms with Crippen molar-refractivity contribution in [1.82, 2.24) is 9.88 Å². The molecule has 0 aliphatic heterocycles. The van der Waals surface area contributed by atoms with Crippen molar-refractivity contribution in [3.63, 3.8) is 0 Å². The fourth-order valence-electron chi connectivity index (χ4n) is 1.91. The SMILES string of the molecule is CC(=O)c1cc(C(=O)NC(CC(C)C)C(=O)O)n(C)c1. The van der Waals surface area contributed by atoms with E-state index in [0.29, 0.717) is 12.0 Å². The summed E-state index contributed by atoms with van der Waals surface area (Å²) in [6, 6.07) is 0.532. The second kappa shape index (κ2) is 6.36. The van der Waals surface area contributed by atoms with Crippen LogP contribution in [0.25, 0.3) is 0 Å². The van der Waals surface area contributed by atoms with E-state index in [1.807, 2.05) is 13.8 Å². The molecule has 2 N–H and O–H groups in total. The number of aromatic nitrogens is 1. The summed E-state index contributed by atoms with van der Waals surface area (Å²) < 4.78 is 1.51. The largest absolute Gasteiger partial charge is 0.480 e. The Labute approximate surface area is 117 Å². The molecule has 0 aromatic carbocycles. The Balaban J connectivity index is 2.89. The third kappa shape index (κ3) is 3.94. The molecule has 1 aromatic heterocycles. The number of rotatable bonds is 6. The molecule has 20 heavy (non-hydrogen) atoms. The highest BCUT2D eigenvalue weighted by Gasteiger charge is 2.23. The van der Waals surface area contributed by atoms with E-state index in [0.717, 1.165) is 0 Å². The Hall–Kier alpha value is -2.11. The van der Waals surface area contributed by atoms with E-state index in [-0.39, 0.29) is 17.4 Å². The summed E-state index contributed by atoms with van der Waals surface area (Å²) in [4.78, 5) is 34.5. The van der Waals surface area contributed by atoms with Crippen molar-refractivity contribution in [2.24, 2.45) is 13.0 Å². The van der Waals surface area contributed by atoms with Gasteiger partial charge in [0.25, 0.3) is 5.91 Å². The Morgan fingerprint density at radius 3 is 2.35 bits per heavy atom. The Morgan fingerprint density at radius 2 is 1.95 bits per heavy atom. The van der Waals surface area contributed by atoms with Crippen LogP contribution in [0.5, 0.6) is 0 Å². The maximum Gasteiger partial charge on any atom is 0.326 e. The molecule has 1 aromatic rings. The number of hydrogen-bond donors (Lipinski definition) is 2. The summed E-state index contributed by atoms with van der Waals surface area (Å²) in [5.41, 5.74) is 0.693. The van der Waals surface area contributed by atoms with Gasteiger partial charge in [0.1, 0.15) is 11.7 Å². The van der Waals surface area contributed by atoms with Crippen molar-refractivity contribution in [2.75, 3.05) is 0 Å². The second-order valence-corrected chi connectivity index (χ2v) is 5.27. The number of carbonyl (C=O) groups excluding carboxylic acids is 2. The molecule has 0 fully saturated rings. The van der Waals surface area contributed by atoms with E-state index in [9.17, 15) is 14.4 Å². The average molecular weight is 280 g/mol. The third-order valence-electron chi connectivity index (χ3n) is 2.95. The van der Waals surface area contributed by atoms with Crippen LogP contribution in [0.1, 0.15) is 48.0 Å². The van der Waals surface area contributed by atoms with Gasteiger partial charge in [-0.15, -0.1) is 0 Å². The summed E-state index contributed by atoms with van der Waals surface area (Å²) >= 11 is 0. The highest BCUT2D eigenvalue weighted by molar-refractivity contribution is 6.00. The fraction of sp³-hybridized carbons (Fsp3) is 0.500. The molecule has 1 heterocycles. The van der Waals surface area contributed by atoms with Gasteiger partial charge in [-0.25, -0.2) is 4.79 Å². The predicted octanol–water partition coefficient (Wildman–Crippen LogP) is 1.46. The molecule has 6 nitrogen and oxygen atoms in total. The first kappa shape index (κ1) is 15.9. The van der Waals surface area contributed by atoms with Gasteiger partial charge >= 0.3 is 5.97 Å². The Morgan fingerprint density at radius 1 is 1.35 bits per heavy atom. The van der Waals surface area contributed by atoms with Crippen molar-refractivity contribution in [3.8, 4) is 0 Å². The van der Waals surface area contributed by atoms with Gasteiger partial charge in [-0.05, 0) is 25.3 Å². The maximum atomic E-state index is 12.1. The van der Waals surface area contributed by atoms with Crippen LogP contribution in [0.4, 0.5) is 0 Å². The molecule has 6 heteroatoms. The van der Waals surface area contributed by atoms with E-state index >= 15 is 0 Å². The van der Waals surface area contributed by atoms with Crippen LogP contribution >= 0.6 is 0 Å². The number of nitrogens with one attached hydrogen (secondary N) is 1. The van der Waals surface area contributed by atoms with E-state index in [2.05, 4.69) is 5.32 Å². The first-order valence-corrected chi connectivity index (χ1v) is 6.43. The van der Waals surface area contributed by atoms with Gasteiger partial charge < -0.3 is 15.0 Å². The smallest absolute Gasteiger partial charge is 0.326 e. The molecule has 0 saturated carbocycles. The molecule has 1 amide bonds. The zero-order valence-electron chi connectivity index (χ0n) is 12.1. The first-order valence-electron chi connectivity index (χ1n) is 6.43. The van der Waals surface area contributed by atoms with Gasteiger partial charge in [-0.3, -0.25) is 9.59 Å². The van der Waals surface area contributed by atoms with Crippen LogP contribution in [0.2, 0.25) is 0 Å². The lowest BCUT2D eigenvalue weighted by molar-refractivity contribution is -0.139. The number of hydrogen-bond acceptors (Lipinski definition) is 3. The summed E-state index contributed by atoms with van der Waals surface area (Å²) in [6.07, 6.45) is 1.90.